The predicted molar refractivity (Wildman–Crippen MR) is 92.6 cm³/mol. The van der Waals surface area contributed by atoms with Crippen LogP contribution in [0.15, 0.2) is 41.0 Å². The number of aromatic hydroxyl groups is 1. The Hall–Kier alpha value is -1.10. The van der Waals surface area contributed by atoms with Crippen LogP contribution in [0.25, 0.3) is 0 Å². The highest BCUT2D eigenvalue weighted by molar-refractivity contribution is 9.10. The van der Waals surface area contributed by atoms with E-state index >= 15 is 0 Å². The fourth-order valence-corrected chi connectivity index (χ4v) is 4.25. The van der Waals surface area contributed by atoms with Crippen molar-refractivity contribution in [3.63, 3.8) is 0 Å². The van der Waals surface area contributed by atoms with Crippen LogP contribution in [0, 0.1) is 0 Å². The molecule has 0 aliphatic carbocycles. The lowest BCUT2D eigenvalue weighted by Crippen LogP contribution is -2.31. The highest BCUT2D eigenvalue weighted by Crippen LogP contribution is 2.48. The van der Waals surface area contributed by atoms with Crippen LogP contribution in [0.2, 0.25) is 5.02 Å². The maximum atomic E-state index is 10.4. The molecule has 1 aliphatic heterocycles. The number of aromatic nitrogens is 1. The molecule has 116 valence electrons. The van der Waals surface area contributed by atoms with Crippen LogP contribution in [-0.4, -0.2) is 35.1 Å². The number of likely N-dealkylation sites (tertiary alicyclic amines) is 1. The molecule has 0 amide bonds. The van der Waals surface area contributed by atoms with E-state index in [-0.39, 0.29) is 17.1 Å². The molecule has 0 saturated carbocycles. The molecular weight excluding hydrogens is 364 g/mol. The lowest BCUT2D eigenvalue weighted by atomic mass is 9.72. The van der Waals surface area contributed by atoms with E-state index in [0.717, 1.165) is 28.8 Å². The van der Waals surface area contributed by atoms with Gasteiger partial charge in [-0.2, -0.15) is 0 Å². The molecule has 0 bridgehead atoms. The Morgan fingerprint density at radius 2 is 2.18 bits per heavy atom. The number of likely N-dealkylation sites (N-methyl/N-ethyl adjacent to an activating group) is 1. The van der Waals surface area contributed by atoms with Gasteiger partial charge in [0, 0.05) is 45.7 Å². The summed E-state index contributed by atoms with van der Waals surface area (Å²) in [5, 5.41) is 11.0. The summed E-state index contributed by atoms with van der Waals surface area (Å²) >= 11 is 9.60. The topological polar surface area (TPSA) is 36.4 Å². The Kier molecular flexibility index (Phi) is 4.19. The molecular formula is C17H18BrClN2O. The zero-order chi connectivity index (χ0) is 15.9. The van der Waals surface area contributed by atoms with Gasteiger partial charge in [0.2, 0.25) is 0 Å². The van der Waals surface area contributed by atoms with E-state index < -0.39 is 0 Å². The average Bonchev–Trinajstić information content (AvgIpc) is 2.75. The Morgan fingerprint density at radius 1 is 1.41 bits per heavy atom. The number of hydrogen-bond acceptors (Lipinski definition) is 3. The third kappa shape index (κ3) is 2.64. The summed E-state index contributed by atoms with van der Waals surface area (Å²) in [7, 11) is 2.10. The van der Waals surface area contributed by atoms with Crippen molar-refractivity contribution < 1.29 is 5.11 Å². The molecule has 1 aromatic heterocycles. The molecule has 3 rings (SSSR count). The van der Waals surface area contributed by atoms with Gasteiger partial charge in [-0.15, -0.1) is 0 Å². The second kappa shape index (κ2) is 5.84. The lowest BCUT2D eigenvalue weighted by molar-refractivity contribution is 0.369. The maximum Gasteiger partial charge on any atom is 0.120 e. The molecule has 22 heavy (non-hydrogen) atoms. The summed E-state index contributed by atoms with van der Waals surface area (Å²) in [6.45, 7) is 3.94. The van der Waals surface area contributed by atoms with Crippen LogP contribution in [0.5, 0.6) is 5.75 Å². The number of halogens is 2. The van der Waals surface area contributed by atoms with Crippen LogP contribution in [0.4, 0.5) is 0 Å². The first-order valence-corrected chi connectivity index (χ1v) is 8.37. The summed E-state index contributed by atoms with van der Waals surface area (Å²) in [6.07, 6.45) is 1.82. The van der Waals surface area contributed by atoms with Crippen molar-refractivity contribution in [2.45, 2.75) is 18.3 Å². The molecule has 3 nitrogen and oxygen atoms in total. The summed E-state index contributed by atoms with van der Waals surface area (Å²) < 4.78 is 1.01. The van der Waals surface area contributed by atoms with Crippen LogP contribution in [0.3, 0.4) is 0 Å². The number of phenolic OH excluding ortho intramolecular Hbond substituents is 1. The van der Waals surface area contributed by atoms with Gasteiger partial charge in [0.25, 0.3) is 0 Å². The van der Waals surface area contributed by atoms with Crippen molar-refractivity contribution in [3.8, 4) is 5.75 Å². The van der Waals surface area contributed by atoms with Gasteiger partial charge in [-0.05, 0) is 47.2 Å². The van der Waals surface area contributed by atoms with Gasteiger partial charge in [-0.25, -0.2) is 0 Å². The second-order valence-corrected chi connectivity index (χ2v) is 7.49. The third-order valence-electron chi connectivity index (χ3n) is 4.55. The van der Waals surface area contributed by atoms with E-state index in [1.54, 1.807) is 6.07 Å². The standard InChI is InChI=1S/C17H18BrClN2O/c1-17(12-6-5-11(19)8-15(12)22)10-21(2)9-13(17)16-14(18)4-3-7-20-16/h3-8,13,22H,9-10H2,1-2H3. The fraction of sp³-hybridized carbons (Fsp3) is 0.353. The number of phenols is 1. The van der Waals surface area contributed by atoms with E-state index in [0.29, 0.717) is 5.02 Å². The summed E-state index contributed by atoms with van der Waals surface area (Å²) in [5.74, 6) is 0.447. The number of hydrogen-bond donors (Lipinski definition) is 1. The predicted octanol–water partition coefficient (Wildman–Crippen LogP) is 4.19. The highest BCUT2D eigenvalue weighted by Gasteiger charge is 2.46. The lowest BCUT2D eigenvalue weighted by Gasteiger charge is -2.32. The normalized spacial score (nSPS) is 25.5. The van der Waals surface area contributed by atoms with Crippen molar-refractivity contribution in [1.82, 2.24) is 9.88 Å². The minimum atomic E-state index is -0.222. The SMILES string of the molecule is CN1CC(c2ncccc2Br)C(C)(c2ccc(Cl)cc2O)C1. The third-order valence-corrected chi connectivity index (χ3v) is 5.46. The van der Waals surface area contributed by atoms with E-state index in [9.17, 15) is 5.11 Å². The fourth-order valence-electron chi connectivity index (χ4n) is 3.55. The zero-order valence-electron chi connectivity index (χ0n) is 12.6. The Morgan fingerprint density at radius 3 is 2.86 bits per heavy atom. The number of nitrogens with zero attached hydrogens (tertiary/aromatic N) is 2. The van der Waals surface area contributed by atoms with Crippen LogP contribution in [-0.2, 0) is 5.41 Å². The maximum absolute atomic E-state index is 10.4. The molecule has 1 aliphatic rings. The smallest absolute Gasteiger partial charge is 0.120 e. The first-order chi connectivity index (χ1) is 10.4. The minimum absolute atomic E-state index is 0.195. The number of rotatable bonds is 2. The van der Waals surface area contributed by atoms with Crippen molar-refractivity contribution >= 4 is 27.5 Å². The largest absolute Gasteiger partial charge is 0.508 e. The first kappa shape index (κ1) is 15.8. The van der Waals surface area contributed by atoms with Crippen LogP contribution >= 0.6 is 27.5 Å². The molecule has 1 fully saturated rings. The van der Waals surface area contributed by atoms with Crippen LogP contribution in [0.1, 0.15) is 24.1 Å². The van der Waals surface area contributed by atoms with E-state index in [1.165, 1.54) is 0 Å². The average molecular weight is 382 g/mol. The van der Waals surface area contributed by atoms with Gasteiger partial charge in [0.1, 0.15) is 5.75 Å². The molecule has 0 radical (unpaired) electrons. The molecule has 5 heteroatoms. The Bertz CT molecular complexity index is 709. The molecule has 0 spiro atoms. The van der Waals surface area contributed by atoms with Gasteiger partial charge in [0.15, 0.2) is 0 Å². The summed E-state index contributed by atoms with van der Waals surface area (Å²) in [4.78, 5) is 6.86. The van der Waals surface area contributed by atoms with Gasteiger partial charge < -0.3 is 10.0 Å². The molecule has 1 saturated heterocycles. The van der Waals surface area contributed by atoms with E-state index in [4.69, 9.17) is 11.6 Å². The molecule has 2 atom stereocenters. The van der Waals surface area contributed by atoms with Gasteiger partial charge >= 0.3 is 0 Å². The van der Waals surface area contributed by atoms with Gasteiger partial charge in [0.05, 0.1) is 5.69 Å². The van der Waals surface area contributed by atoms with Crippen molar-refractivity contribution in [3.05, 3.63) is 57.3 Å². The molecule has 1 N–H and O–H groups in total. The minimum Gasteiger partial charge on any atom is -0.508 e. The van der Waals surface area contributed by atoms with Crippen molar-refractivity contribution in [1.29, 1.82) is 0 Å². The Labute approximate surface area is 144 Å². The Balaban J connectivity index is 2.12. The van der Waals surface area contributed by atoms with Gasteiger partial charge in [-0.3, -0.25) is 4.98 Å². The zero-order valence-corrected chi connectivity index (χ0v) is 14.9. The van der Waals surface area contributed by atoms with Crippen molar-refractivity contribution in [2.75, 3.05) is 20.1 Å². The van der Waals surface area contributed by atoms with Crippen molar-refractivity contribution in [2.24, 2.45) is 0 Å². The molecule has 1 aromatic carbocycles. The van der Waals surface area contributed by atoms with E-state index in [2.05, 4.69) is 39.8 Å². The monoisotopic (exact) mass is 380 g/mol. The van der Waals surface area contributed by atoms with Gasteiger partial charge in [-0.1, -0.05) is 24.6 Å². The second-order valence-electron chi connectivity index (χ2n) is 6.20. The molecule has 2 aromatic rings. The number of benzene rings is 1. The molecule has 2 heterocycles. The van der Waals surface area contributed by atoms with E-state index in [1.807, 2.05) is 30.5 Å². The summed E-state index contributed by atoms with van der Waals surface area (Å²) in [5.41, 5.74) is 1.73. The number of pyridine rings is 1. The molecule has 2 unspecified atom stereocenters. The quantitative estimate of drug-likeness (QED) is 0.847. The highest BCUT2D eigenvalue weighted by atomic mass is 79.9. The van der Waals surface area contributed by atoms with Crippen LogP contribution < -0.4 is 0 Å². The summed E-state index contributed by atoms with van der Waals surface area (Å²) in [6, 6.07) is 9.32. The first-order valence-electron chi connectivity index (χ1n) is 7.20.